The molecule has 0 bridgehead atoms. The number of sulfone groups is 1. The first kappa shape index (κ1) is 21.5. The van der Waals surface area contributed by atoms with Crippen LogP contribution in [0, 0.1) is 5.92 Å². The maximum atomic E-state index is 11.7. The third-order valence-corrected chi connectivity index (χ3v) is 5.19. The molecular weight excluding hydrogens is 372 g/mol. The van der Waals surface area contributed by atoms with Gasteiger partial charge in [0.25, 0.3) is 0 Å². The predicted molar refractivity (Wildman–Crippen MR) is 93.6 cm³/mol. The number of carbonyl (C=O) groups is 1. The lowest BCUT2D eigenvalue weighted by Crippen LogP contribution is -2.41. The van der Waals surface area contributed by atoms with Crippen LogP contribution in [0.1, 0.15) is 6.42 Å². The molecule has 0 aliphatic heterocycles. The quantitative estimate of drug-likeness (QED) is 0.185. The molecule has 1 amide bonds. The Morgan fingerprint density at radius 1 is 1.40 bits per heavy atom. The first-order valence-electron chi connectivity index (χ1n) is 7.46. The number of alkyl halides is 1. The maximum Gasteiger partial charge on any atom is 0.226 e. The van der Waals surface area contributed by atoms with Crippen LogP contribution in [0.3, 0.4) is 0 Å². The van der Waals surface area contributed by atoms with Gasteiger partial charge in [-0.3, -0.25) is 4.79 Å². The van der Waals surface area contributed by atoms with E-state index in [1.807, 2.05) is 0 Å². The minimum atomic E-state index is -3.45. The highest BCUT2D eigenvalue weighted by Crippen LogP contribution is 2.37. The lowest BCUT2D eigenvalue weighted by molar-refractivity contribution is -0.121. The van der Waals surface area contributed by atoms with E-state index in [4.69, 9.17) is 32.3 Å². The summed E-state index contributed by atoms with van der Waals surface area (Å²) in [4.78, 5) is 13.1. The lowest BCUT2D eigenvalue weighted by atomic mass is 9.84. The van der Waals surface area contributed by atoms with Gasteiger partial charge in [-0.25, -0.2) is 8.42 Å². The highest BCUT2D eigenvalue weighted by Gasteiger charge is 2.40. The SMILES string of the molecule is CS(=O)(=O)C1=CC(C(N)=O)C(Cl)(CCOCCOCCN=[N+]=[N-])C=C1. The van der Waals surface area contributed by atoms with Crippen molar-refractivity contribution in [2.24, 2.45) is 16.8 Å². The van der Waals surface area contributed by atoms with Gasteiger partial charge in [0.05, 0.1) is 35.5 Å². The monoisotopic (exact) mass is 392 g/mol. The third-order valence-electron chi connectivity index (χ3n) is 3.51. The molecule has 25 heavy (non-hydrogen) atoms. The van der Waals surface area contributed by atoms with Gasteiger partial charge >= 0.3 is 0 Å². The summed E-state index contributed by atoms with van der Waals surface area (Å²) in [7, 11) is -3.45. The Balaban J connectivity index is 2.49. The number of halogens is 1. The van der Waals surface area contributed by atoms with Crippen LogP contribution in [-0.4, -0.2) is 58.4 Å². The molecule has 0 saturated carbocycles. The molecule has 2 N–H and O–H groups in total. The zero-order valence-corrected chi connectivity index (χ0v) is 15.4. The predicted octanol–water partition coefficient (Wildman–Crippen LogP) is 1.30. The van der Waals surface area contributed by atoms with Crippen molar-refractivity contribution >= 4 is 27.3 Å². The molecule has 0 heterocycles. The van der Waals surface area contributed by atoms with Gasteiger partial charge in [-0.05, 0) is 18.0 Å². The number of hydrogen-bond donors (Lipinski definition) is 1. The molecule has 1 aliphatic rings. The molecule has 11 heteroatoms. The molecule has 0 saturated heterocycles. The number of nitrogens with two attached hydrogens (primary N) is 1. The summed E-state index contributed by atoms with van der Waals surface area (Å²) in [6, 6.07) is 0. The largest absolute Gasteiger partial charge is 0.379 e. The van der Waals surface area contributed by atoms with Crippen LogP contribution in [0.2, 0.25) is 0 Å². The highest BCUT2D eigenvalue weighted by molar-refractivity contribution is 7.94. The van der Waals surface area contributed by atoms with Gasteiger partial charge in [-0.15, -0.1) is 11.6 Å². The van der Waals surface area contributed by atoms with Crippen LogP contribution in [-0.2, 0) is 24.1 Å². The van der Waals surface area contributed by atoms with E-state index in [1.54, 1.807) is 0 Å². The van der Waals surface area contributed by atoms with Crippen molar-refractivity contribution in [2.45, 2.75) is 11.3 Å². The minimum Gasteiger partial charge on any atom is -0.379 e. The van der Waals surface area contributed by atoms with Crippen molar-refractivity contribution in [1.29, 1.82) is 0 Å². The fourth-order valence-electron chi connectivity index (χ4n) is 2.19. The summed E-state index contributed by atoms with van der Waals surface area (Å²) in [5.74, 6) is -1.66. The van der Waals surface area contributed by atoms with Gasteiger partial charge in [-0.1, -0.05) is 17.3 Å². The summed E-state index contributed by atoms with van der Waals surface area (Å²) in [6.45, 7) is 1.42. The Hall–Kier alpha value is -1.58. The number of azide groups is 1. The van der Waals surface area contributed by atoms with Gasteiger partial charge in [-0.2, -0.15) is 0 Å². The van der Waals surface area contributed by atoms with Crippen LogP contribution in [0.15, 0.2) is 28.2 Å². The van der Waals surface area contributed by atoms with Crippen molar-refractivity contribution < 1.29 is 22.7 Å². The van der Waals surface area contributed by atoms with Crippen molar-refractivity contribution in [1.82, 2.24) is 0 Å². The van der Waals surface area contributed by atoms with Crippen molar-refractivity contribution in [2.75, 3.05) is 39.2 Å². The van der Waals surface area contributed by atoms with E-state index < -0.39 is 26.5 Å². The second kappa shape index (κ2) is 9.79. The molecule has 2 unspecified atom stereocenters. The number of carbonyl (C=O) groups excluding carboxylic acids is 1. The molecule has 0 fully saturated rings. The third kappa shape index (κ3) is 7.05. The number of ether oxygens (including phenoxy) is 2. The minimum absolute atomic E-state index is 0.0157. The maximum absolute atomic E-state index is 11.7. The summed E-state index contributed by atoms with van der Waals surface area (Å²) in [5, 5.41) is 3.32. The Morgan fingerprint density at radius 3 is 2.60 bits per heavy atom. The second-order valence-corrected chi connectivity index (χ2v) is 8.13. The Labute approximate surface area is 151 Å². The lowest BCUT2D eigenvalue weighted by Gasteiger charge is -2.31. The van der Waals surface area contributed by atoms with Gasteiger partial charge in [0, 0.05) is 24.3 Å². The van der Waals surface area contributed by atoms with Crippen molar-refractivity contribution in [3.05, 3.63) is 33.6 Å². The number of hydrogen-bond acceptors (Lipinski definition) is 6. The molecule has 0 aromatic carbocycles. The van der Waals surface area contributed by atoms with E-state index in [2.05, 4.69) is 10.0 Å². The summed E-state index contributed by atoms with van der Waals surface area (Å²) in [6.07, 6.45) is 5.45. The summed E-state index contributed by atoms with van der Waals surface area (Å²) in [5.41, 5.74) is 13.5. The van der Waals surface area contributed by atoms with Crippen LogP contribution in [0.25, 0.3) is 10.4 Å². The molecule has 0 spiro atoms. The van der Waals surface area contributed by atoms with E-state index in [-0.39, 0.29) is 24.5 Å². The Kier molecular flexibility index (Phi) is 8.40. The average molecular weight is 393 g/mol. The van der Waals surface area contributed by atoms with Gasteiger partial charge in [0.2, 0.25) is 5.91 Å². The smallest absolute Gasteiger partial charge is 0.226 e. The molecule has 140 valence electrons. The van der Waals surface area contributed by atoms with Crippen molar-refractivity contribution in [3.8, 4) is 0 Å². The molecule has 9 nitrogen and oxygen atoms in total. The number of nitrogens with zero attached hydrogens (tertiary/aromatic N) is 3. The van der Waals surface area contributed by atoms with E-state index in [0.29, 0.717) is 19.8 Å². The molecule has 1 aliphatic carbocycles. The van der Waals surface area contributed by atoms with Crippen molar-refractivity contribution in [3.63, 3.8) is 0 Å². The number of amides is 1. The zero-order chi connectivity index (χ0) is 18.9. The summed E-state index contributed by atoms with van der Waals surface area (Å²) >= 11 is 6.46. The molecule has 0 aromatic heterocycles. The molecular formula is C14H21ClN4O5S. The van der Waals surface area contributed by atoms with Gasteiger partial charge < -0.3 is 15.2 Å². The topological polar surface area (TPSA) is 144 Å². The molecule has 0 aromatic rings. The second-order valence-electron chi connectivity index (χ2n) is 5.41. The van der Waals surface area contributed by atoms with E-state index in [9.17, 15) is 13.2 Å². The Morgan fingerprint density at radius 2 is 2.04 bits per heavy atom. The molecule has 2 atom stereocenters. The fraction of sp³-hybridized carbons (Fsp3) is 0.643. The number of rotatable bonds is 11. The van der Waals surface area contributed by atoms with Gasteiger partial charge in [0.1, 0.15) is 0 Å². The number of primary amides is 1. The van der Waals surface area contributed by atoms with Crippen LogP contribution >= 0.6 is 11.6 Å². The average Bonchev–Trinajstić information content (AvgIpc) is 2.52. The zero-order valence-electron chi connectivity index (χ0n) is 13.8. The van der Waals surface area contributed by atoms with Crippen LogP contribution < -0.4 is 5.73 Å². The molecule has 1 rings (SSSR count). The van der Waals surface area contributed by atoms with E-state index >= 15 is 0 Å². The fourth-order valence-corrected chi connectivity index (χ4v) is 3.20. The van der Waals surface area contributed by atoms with E-state index in [1.165, 1.54) is 18.2 Å². The highest BCUT2D eigenvalue weighted by atomic mass is 35.5. The summed E-state index contributed by atoms with van der Waals surface area (Å²) < 4.78 is 33.8. The van der Waals surface area contributed by atoms with Crippen LogP contribution in [0.5, 0.6) is 0 Å². The Bertz CT molecular complexity index is 687. The standard InChI is InChI=1S/C14H21ClN4O5S/c1-25(21,22)11-2-3-14(15,12(10-11)13(16)20)4-6-23-8-9-24-7-5-18-19-17/h2-3,10,12H,4-9H2,1H3,(H2,16,20). The first-order valence-corrected chi connectivity index (χ1v) is 9.73. The normalized spacial score (nSPS) is 23.0. The van der Waals surface area contributed by atoms with E-state index in [0.717, 1.165) is 6.26 Å². The van der Waals surface area contributed by atoms with Gasteiger partial charge in [0.15, 0.2) is 9.84 Å². The number of allylic oxidation sites excluding steroid dienone is 2. The molecule has 0 radical (unpaired) electrons. The first-order chi connectivity index (χ1) is 11.7. The van der Waals surface area contributed by atoms with Crippen LogP contribution in [0.4, 0.5) is 0 Å².